The van der Waals surface area contributed by atoms with Gasteiger partial charge in [-0.15, -0.1) is 0 Å². The minimum Gasteiger partial charge on any atom is -0.367 e. The van der Waals surface area contributed by atoms with Gasteiger partial charge < -0.3 is 4.74 Å². The lowest BCUT2D eigenvalue weighted by molar-refractivity contribution is -0.0471. The first-order valence-corrected chi connectivity index (χ1v) is 9.63. The Labute approximate surface area is 144 Å². The second kappa shape index (κ2) is 6.58. The molecular weight excluding hydrogens is 358 g/mol. The van der Waals surface area contributed by atoms with Crippen molar-refractivity contribution in [1.29, 1.82) is 0 Å². The molecule has 4 atom stereocenters. The molecule has 1 aromatic rings. The molecule has 0 radical (unpaired) electrons. The molecule has 0 bridgehead atoms. The zero-order valence-corrected chi connectivity index (χ0v) is 14.5. The Morgan fingerprint density at radius 1 is 1.29 bits per heavy atom. The number of rotatable bonds is 3. The van der Waals surface area contributed by atoms with Gasteiger partial charge in [0.25, 0.3) is 0 Å². The molecule has 1 saturated heterocycles. The maximum atomic E-state index is 14.3. The molecule has 7 heteroatoms. The van der Waals surface area contributed by atoms with E-state index in [9.17, 15) is 17.2 Å². The second-order valence-corrected chi connectivity index (χ2v) is 8.48. The Hall–Kier alpha value is -1.24. The highest BCUT2D eigenvalue weighted by molar-refractivity contribution is 7.92. The minimum atomic E-state index is -3.89. The SMILES string of the molecule is CCC1C[C@@H](S(=O)(=O)c2ccc(Cl)cc2)C2=C(F)C=CC(F)C2O1. The summed E-state index contributed by atoms with van der Waals surface area (Å²) in [5.74, 6) is -0.731. The summed E-state index contributed by atoms with van der Waals surface area (Å²) < 4.78 is 60.2. The van der Waals surface area contributed by atoms with Gasteiger partial charge in [0.1, 0.15) is 18.1 Å². The Morgan fingerprint density at radius 3 is 2.58 bits per heavy atom. The number of fused-ring (bicyclic) bond motifs is 1. The molecule has 1 aliphatic heterocycles. The highest BCUT2D eigenvalue weighted by Gasteiger charge is 2.46. The highest BCUT2D eigenvalue weighted by atomic mass is 35.5. The lowest BCUT2D eigenvalue weighted by Gasteiger charge is -2.39. The van der Waals surface area contributed by atoms with Crippen LogP contribution >= 0.6 is 11.6 Å². The third-order valence-corrected chi connectivity index (χ3v) is 6.81. The Bertz CT molecular complexity index is 787. The lowest BCUT2D eigenvalue weighted by Crippen LogP contribution is -2.46. The van der Waals surface area contributed by atoms with E-state index < -0.39 is 39.3 Å². The van der Waals surface area contributed by atoms with E-state index in [0.717, 1.165) is 12.2 Å². The van der Waals surface area contributed by atoms with E-state index in [1.807, 2.05) is 6.92 Å². The van der Waals surface area contributed by atoms with Gasteiger partial charge in [-0.1, -0.05) is 18.5 Å². The van der Waals surface area contributed by atoms with Crippen LogP contribution < -0.4 is 0 Å². The first-order valence-electron chi connectivity index (χ1n) is 7.71. The third kappa shape index (κ3) is 3.03. The van der Waals surface area contributed by atoms with E-state index in [-0.39, 0.29) is 16.9 Å². The summed E-state index contributed by atoms with van der Waals surface area (Å²) in [4.78, 5) is 0.0395. The Balaban J connectivity index is 2.09. The van der Waals surface area contributed by atoms with E-state index in [4.69, 9.17) is 16.3 Å². The van der Waals surface area contributed by atoms with Crippen molar-refractivity contribution < 1.29 is 21.9 Å². The van der Waals surface area contributed by atoms with Crippen molar-refractivity contribution in [2.45, 2.75) is 48.3 Å². The smallest absolute Gasteiger partial charge is 0.185 e. The Kier molecular flexibility index (Phi) is 4.82. The molecule has 1 heterocycles. The van der Waals surface area contributed by atoms with E-state index in [1.165, 1.54) is 24.3 Å². The molecule has 0 saturated carbocycles. The number of allylic oxidation sites excluding steroid dienone is 2. The molecule has 3 nitrogen and oxygen atoms in total. The molecule has 0 spiro atoms. The summed E-state index contributed by atoms with van der Waals surface area (Å²) in [5, 5.41) is -0.745. The predicted octanol–water partition coefficient (Wildman–Crippen LogP) is 4.18. The van der Waals surface area contributed by atoms with Crippen LogP contribution in [-0.2, 0) is 14.6 Å². The fraction of sp³-hybridized carbons (Fsp3) is 0.412. The van der Waals surface area contributed by atoms with Gasteiger partial charge in [-0.25, -0.2) is 17.2 Å². The van der Waals surface area contributed by atoms with Crippen LogP contribution in [0, 0.1) is 0 Å². The molecule has 3 unspecified atom stereocenters. The molecule has 1 aromatic carbocycles. The van der Waals surface area contributed by atoms with Gasteiger partial charge in [0.15, 0.2) is 9.84 Å². The highest BCUT2D eigenvalue weighted by Crippen LogP contribution is 2.40. The quantitative estimate of drug-likeness (QED) is 0.797. The summed E-state index contributed by atoms with van der Waals surface area (Å²) in [5.41, 5.74) is -0.121. The predicted molar refractivity (Wildman–Crippen MR) is 88.2 cm³/mol. The molecule has 2 aliphatic rings. The van der Waals surface area contributed by atoms with Crippen LogP contribution in [-0.4, -0.2) is 32.0 Å². The molecule has 24 heavy (non-hydrogen) atoms. The molecule has 1 aliphatic carbocycles. The summed E-state index contributed by atoms with van der Waals surface area (Å²) >= 11 is 5.80. The molecule has 0 amide bonds. The summed E-state index contributed by atoms with van der Waals surface area (Å²) in [7, 11) is -3.89. The molecular formula is C17H17ClF2O3S. The van der Waals surface area contributed by atoms with Gasteiger partial charge >= 0.3 is 0 Å². The molecule has 1 fully saturated rings. The lowest BCUT2D eigenvalue weighted by atomic mass is 9.90. The van der Waals surface area contributed by atoms with Crippen LogP contribution in [0.15, 0.2) is 52.7 Å². The van der Waals surface area contributed by atoms with E-state index in [2.05, 4.69) is 0 Å². The monoisotopic (exact) mass is 374 g/mol. The van der Waals surface area contributed by atoms with Gasteiger partial charge in [0.05, 0.1) is 16.2 Å². The van der Waals surface area contributed by atoms with Crippen molar-refractivity contribution in [3.8, 4) is 0 Å². The number of ether oxygens (including phenoxy) is 1. The molecule has 130 valence electrons. The van der Waals surface area contributed by atoms with Crippen molar-refractivity contribution in [2.75, 3.05) is 0 Å². The van der Waals surface area contributed by atoms with Crippen LogP contribution in [0.5, 0.6) is 0 Å². The van der Waals surface area contributed by atoms with Gasteiger partial charge in [0, 0.05) is 10.6 Å². The van der Waals surface area contributed by atoms with Gasteiger partial charge in [-0.3, -0.25) is 0 Å². The number of benzene rings is 1. The van der Waals surface area contributed by atoms with Crippen molar-refractivity contribution in [3.05, 3.63) is 52.8 Å². The van der Waals surface area contributed by atoms with Gasteiger partial charge in [0.2, 0.25) is 0 Å². The standard InChI is InChI=1S/C17H17ClF2O3S/c1-2-11-9-15(16-13(19)7-8-14(20)17(16)23-11)24(21,22)12-5-3-10(18)4-6-12/h3-8,11,14-15,17H,2,9H2,1H3/t11?,14?,15-,17?/m1/s1. The Morgan fingerprint density at radius 2 is 1.96 bits per heavy atom. The van der Waals surface area contributed by atoms with Crippen LogP contribution in [0.2, 0.25) is 5.02 Å². The summed E-state index contributed by atoms with van der Waals surface area (Å²) in [6, 6.07) is 5.69. The van der Waals surface area contributed by atoms with Crippen molar-refractivity contribution in [3.63, 3.8) is 0 Å². The third-order valence-electron chi connectivity index (χ3n) is 4.43. The van der Waals surface area contributed by atoms with Crippen LogP contribution in [0.1, 0.15) is 19.8 Å². The second-order valence-electron chi connectivity index (χ2n) is 5.92. The first kappa shape index (κ1) is 17.6. The largest absolute Gasteiger partial charge is 0.367 e. The minimum absolute atomic E-state index is 0.0395. The molecule has 0 aromatic heterocycles. The summed E-state index contributed by atoms with van der Waals surface area (Å²) in [6.07, 6.45) is -0.527. The average Bonchev–Trinajstić information content (AvgIpc) is 2.57. The number of alkyl halides is 1. The zero-order chi connectivity index (χ0) is 17.5. The van der Waals surface area contributed by atoms with Crippen LogP contribution in [0.3, 0.4) is 0 Å². The van der Waals surface area contributed by atoms with Crippen LogP contribution in [0.4, 0.5) is 8.78 Å². The van der Waals surface area contributed by atoms with Crippen LogP contribution in [0.25, 0.3) is 0 Å². The van der Waals surface area contributed by atoms with Crippen molar-refractivity contribution >= 4 is 21.4 Å². The fourth-order valence-corrected chi connectivity index (χ4v) is 5.16. The number of hydrogen-bond acceptors (Lipinski definition) is 3. The van der Waals surface area contributed by atoms with E-state index >= 15 is 0 Å². The van der Waals surface area contributed by atoms with Gasteiger partial charge in [-0.2, -0.15) is 0 Å². The molecule has 0 N–H and O–H groups in total. The topological polar surface area (TPSA) is 43.4 Å². The normalized spacial score (nSPS) is 30.3. The maximum absolute atomic E-state index is 14.3. The van der Waals surface area contributed by atoms with E-state index in [1.54, 1.807) is 0 Å². The number of sulfone groups is 1. The fourth-order valence-electron chi connectivity index (χ4n) is 3.14. The number of halogens is 3. The summed E-state index contributed by atoms with van der Waals surface area (Å²) in [6.45, 7) is 1.83. The van der Waals surface area contributed by atoms with Gasteiger partial charge in [-0.05, 0) is 49.3 Å². The number of hydrogen-bond donors (Lipinski definition) is 0. The first-order chi connectivity index (χ1) is 11.3. The van der Waals surface area contributed by atoms with E-state index in [0.29, 0.717) is 11.4 Å². The maximum Gasteiger partial charge on any atom is 0.185 e. The average molecular weight is 375 g/mol. The molecule has 3 rings (SSSR count). The zero-order valence-electron chi connectivity index (χ0n) is 13.0. The van der Waals surface area contributed by atoms with Crippen molar-refractivity contribution in [2.24, 2.45) is 0 Å². The van der Waals surface area contributed by atoms with Crippen molar-refractivity contribution in [1.82, 2.24) is 0 Å².